The maximum atomic E-state index is 14.3. The summed E-state index contributed by atoms with van der Waals surface area (Å²) < 4.78 is 48.4. The van der Waals surface area contributed by atoms with Crippen LogP contribution in [0.2, 0.25) is 0 Å². The third-order valence-corrected chi connectivity index (χ3v) is 7.52. The molecule has 33 heavy (non-hydrogen) atoms. The molecule has 2 aliphatic rings. The molecule has 1 N–H and O–H groups in total. The van der Waals surface area contributed by atoms with Gasteiger partial charge in [-0.15, -0.1) is 0 Å². The van der Waals surface area contributed by atoms with E-state index >= 15 is 0 Å². The van der Waals surface area contributed by atoms with Crippen molar-refractivity contribution in [2.75, 3.05) is 6.61 Å². The number of nitrogens with zero attached hydrogens (tertiary/aromatic N) is 2. The van der Waals surface area contributed by atoms with Crippen LogP contribution in [0.3, 0.4) is 0 Å². The Morgan fingerprint density at radius 3 is 2.58 bits per heavy atom. The summed E-state index contributed by atoms with van der Waals surface area (Å²) >= 11 is 0. The van der Waals surface area contributed by atoms with E-state index in [0.29, 0.717) is 18.6 Å². The second-order valence-electron chi connectivity index (χ2n) is 10.4. The fraction of sp³-hybridized carbons (Fsp3) is 0.680. The zero-order valence-electron chi connectivity index (χ0n) is 20.3. The van der Waals surface area contributed by atoms with E-state index in [-0.39, 0.29) is 34.4 Å². The second-order valence-corrected chi connectivity index (χ2v) is 10.4. The monoisotopic (exact) mass is 468 g/mol. The summed E-state index contributed by atoms with van der Waals surface area (Å²) in [6.45, 7) is 11.2. The van der Waals surface area contributed by atoms with E-state index < -0.39 is 30.3 Å². The van der Waals surface area contributed by atoms with E-state index in [1.54, 1.807) is 6.07 Å². The molecule has 3 rings (SSSR count). The molecule has 1 amide bonds. The van der Waals surface area contributed by atoms with Crippen LogP contribution in [0, 0.1) is 24.2 Å². The Morgan fingerprint density at radius 2 is 2.00 bits per heavy atom. The molecule has 0 bridgehead atoms. The van der Waals surface area contributed by atoms with Crippen LogP contribution < -0.4 is 4.74 Å². The molecule has 3 atom stereocenters. The van der Waals surface area contributed by atoms with Crippen LogP contribution in [0.4, 0.5) is 13.2 Å². The van der Waals surface area contributed by atoms with Crippen molar-refractivity contribution in [3.8, 4) is 5.75 Å². The van der Waals surface area contributed by atoms with Gasteiger partial charge in [0.25, 0.3) is 11.6 Å². The number of alkyl halides is 3. The Hall–Kier alpha value is -2.09. The number of rotatable bonds is 6. The Labute approximate surface area is 194 Å². The van der Waals surface area contributed by atoms with Crippen molar-refractivity contribution in [3.63, 3.8) is 0 Å². The maximum absolute atomic E-state index is 14.3. The van der Waals surface area contributed by atoms with Crippen LogP contribution in [0.25, 0.3) is 0 Å². The highest BCUT2D eigenvalue weighted by atomic mass is 19.4. The summed E-state index contributed by atoms with van der Waals surface area (Å²) in [4.78, 5) is 13.0. The number of halogens is 3. The molecule has 0 unspecified atom stereocenters. The first-order valence-electron chi connectivity index (χ1n) is 11.6. The Bertz CT molecular complexity index is 926. The first-order chi connectivity index (χ1) is 15.2. The maximum Gasteiger partial charge on any atom is 0.439 e. The van der Waals surface area contributed by atoms with Crippen LogP contribution in [0.1, 0.15) is 77.3 Å². The van der Waals surface area contributed by atoms with Crippen LogP contribution in [-0.4, -0.2) is 40.2 Å². The van der Waals surface area contributed by atoms with Gasteiger partial charge in [0.05, 0.1) is 5.92 Å². The van der Waals surface area contributed by atoms with Gasteiger partial charge in [-0.1, -0.05) is 53.2 Å². The molecular formula is C25H35F3N2O3. The number of hydrogen-bond donors (Lipinski definition) is 1. The normalized spacial score (nSPS) is 25.8. The number of fused-ring (bicyclic) bond motifs is 1. The highest BCUT2D eigenvalue weighted by Gasteiger charge is 2.69. The molecule has 5 nitrogen and oxygen atoms in total. The number of hydrazone groups is 1. The Balaban J connectivity index is 1.86. The Kier molecular flexibility index (Phi) is 6.91. The minimum absolute atomic E-state index is 0.00692. The molecule has 0 radical (unpaired) electrons. The summed E-state index contributed by atoms with van der Waals surface area (Å²) in [7, 11) is 0. The standard InChI is InChI=1S/C25H35F3N2O3/c1-7-23(5,6)17-9-11-20-19(13-17)24(32,25(26,27)28)30(29-20)22(31)14-33-21-12-16(4)8-10-18(21)15(2)3/h8,10,12,15,17,19,32H,7,9,11,13-14H2,1-6H3/t17-,19-,24+/m1/s1. The number of amides is 1. The summed E-state index contributed by atoms with van der Waals surface area (Å²) in [6, 6.07) is 5.55. The number of carbonyl (C=O) groups is 1. The average Bonchev–Trinajstić information content (AvgIpc) is 3.05. The zero-order valence-corrected chi connectivity index (χ0v) is 20.3. The minimum atomic E-state index is -5.05. The molecule has 1 aliphatic heterocycles. The number of benzene rings is 1. The van der Waals surface area contributed by atoms with Crippen molar-refractivity contribution in [1.29, 1.82) is 0 Å². The molecule has 1 aromatic rings. The van der Waals surface area contributed by atoms with E-state index in [2.05, 4.69) is 5.10 Å². The first-order valence-corrected chi connectivity index (χ1v) is 11.6. The van der Waals surface area contributed by atoms with E-state index in [9.17, 15) is 23.1 Å². The lowest BCUT2D eigenvalue weighted by Gasteiger charge is -2.43. The molecule has 1 aromatic carbocycles. The van der Waals surface area contributed by atoms with Crippen LogP contribution in [0.5, 0.6) is 5.75 Å². The van der Waals surface area contributed by atoms with Gasteiger partial charge >= 0.3 is 6.18 Å². The fourth-order valence-electron chi connectivity index (χ4n) is 4.91. The SMILES string of the molecule is CCC(C)(C)[C@@H]1CCC2=NN(C(=O)COc3cc(C)ccc3C(C)C)[C@@](O)(C(F)(F)F)[C@@H]2C1. The molecule has 1 fully saturated rings. The van der Waals surface area contributed by atoms with E-state index in [1.165, 1.54) is 0 Å². The summed E-state index contributed by atoms with van der Waals surface area (Å²) in [6.07, 6.45) is -3.09. The highest BCUT2D eigenvalue weighted by molar-refractivity contribution is 5.93. The molecule has 0 saturated heterocycles. The molecule has 1 saturated carbocycles. The van der Waals surface area contributed by atoms with Crippen LogP contribution >= 0.6 is 0 Å². The topological polar surface area (TPSA) is 62.1 Å². The van der Waals surface area contributed by atoms with E-state index in [1.807, 2.05) is 53.7 Å². The molecule has 1 aliphatic carbocycles. The third kappa shape index (κ3) is 4.63. The van der Waals surface area contributed by atoms with Gasteiger partial charge in [0.2, 0.25) is 0 Å². The number of carbonyl (C=O) groups excluding carboxylic acids is 1. The number of aryl methyl sites for hydroxylation is 1. The fourth-order valence-corrected chi connectivity index (χ4v) is 4.91. The number of aliphatic hydroxyl groups is 1. The van der Waals surface area contributed by atoms with E-state index in [4.69, 9.17) is 4.74 Å². The smallest absolute Gasteiger partial charge is 0.439 e. The lowest BCUT2D eigenvalue weighted by Crippen LogP contribution is -2.62. The zero-order chi connectivity index (χ0) is 24.8. The number of ether oxygens (including phenoxy) is 1. The van der Waals surface area contributed by atoms with Gasteiger partial charge in [0.15, 0.2) is 6.61 Å². The molecule has 0 spiro atoms. The van der Waals surface area contributed by atoms with E-state index in [0.717, 1.165) is 17.5 Å². The van der Waals surface area contributed by atoms with Crippen molar-refractivity contribution in [2.45, 2.75) is 85.0 Å². The predicted molar refractivity (Wildman–Crippen MR) is 121 cm³/mol. The van der Waals surface area contributed by atoms with Gasteiger partial charge in [-0.3, -0.25) is 4.79 Å². The summed E-state index contributed by atoms with van der Waals surface area (Å²) in [5.74, 6) is -1.73. The van der Waals surface area contributed by atoms with Gasteiger partial charge in [-0.25, -0.2) is 0 Å². The van der Waals surface area contributed by atoms with Crippen LogP contribution in [-0.2, 0) is 4.79 Å². The lowest BCUT2D eigenvalue weighted by molar-refractivity contribution is -0.318. The number of hydrogen-bond acceptors (Lipinski definition) is 4. The van der Waals surface area contributed by atoms with Crippen LogP contribution in [0.15, 0.2) is 23.3 Å². The van der Waals surface area contributed by atoms with Crippen molar-refractivity contribution in [3.05, 3.63) is 29.3 Å². The highest BCUT2D eigenvalue weighted by Crippen LogP contribution is 2.52. The van der Waals surface area contributed by atoms with Crippen molar-refractivity contribution in [2.24, 2.45) is 22.4 Å². The first kappa shape index (κ1) is 25.5. The van der Waals surface area contributed by atoms with Gasteiger partial charge in [0, 0.05) is 5.71 Å². The molecule has 8 heteroatoms. The lowest BCUT2D eigenvalue weighted by atomic mass is 9.64. The molecule has 1 heterocycles. The van der Waals surface area contributed by atoms with Crippen molar-refractivity contribution >= 4 is 11.6 Å². The molecular weight excluding hydrogens is 433 g/mol. The third-order valence-electron chi connectivity index (χ3n) is 7.52. The van der Waals surface area contributed by atoms with Gasteiger partial charge < -0.3 is 9.84 Å². The predicted octanol–water partition coefficient (Wildman–Crippen LogP) is 5.80. The summed E-state index contributed by atoms with van der Waals surface area (Å²) in [5.41, 5.74) is -1.53. The van der Waals surface area contributed by atoms with Crippen molar-refractivity contribution in [1.82, 2.24) is 5.01 Å². The van der Waals surface area contributed by atoms with Gasteiger partial charge in [0.1, 0.15) is 5.75 Å². The minimum Gasteiger partial charge on any atom is -0.483 e. The van der Waals surface area contributed by atoms with Gasteiger partial charge in [-0.2, -0.15) is 23.3 Å². The summed E-state index contributed by atoms with van der Waals surface area (Å²) in [5, 5.41) is 15.2. The van der Waals surface area contributed by atoms with Gasteiger partial charge in [-0.05, 0) is 60.6 Å². The Morgan fingerprint density at radius 1 is 1.33 bits per heavy atom. The molecule has 0 aromatic heterocycles. The molecule has 184 valence electrons. The largest absolute Gasteiger partial charge is 0.483 e. The van der Waals surface area contributed by atoms with Crippen molar-refractivity contribution < 1.29 is 27.8 Å². The quantitative estimate of drug-likeness (QED) is 0.574. The second kappa shape index (κ2) is 8.93. The average molecular weight is 469 g/mol.